The molecule has 0 aliphatic carbocycles. The van der Waals surface area contributed by atoms with Crippen molar-refractivity contribution in [3.63, 3.8) is 0 Å². The van der Waals surface area contributed by atoms with Gasteiger partial charge in [-0.2, -0.15) is 0 Å². The van der Waals surface area contributed by atoms with Crippen molar-refractivity contribution in [2.75, 3.05) is 47.5 Å². The lowest BCUT2D eigenvalue weighted by molar-refractivity contribution is -0.870. The Balaban J connectivity index is 4.30. The Kier molecular flexibility index (Phi) is 45.7. The van der Waals surface area contributed by atoms with Crippen LogP contribution in [0.5, 0.6) is 0 Å². The fraction of sp³-hybridized carbons (Fsp3) is 0.750. The van der Waals surface area contributed by atoms with Crippen molar-refractivity contribution in [1.82, 2.24) is 0 Å². The molecule has 0 aliphatic rings. The Morgan fingerprint density at radius 3 is 1.26 bits per heavy atom. The molecule has 0 aromatic heterocycles. The summed E-state index contributed by atoms with van der Waals surface area (Å²) in [6, 6.07) is 0. The van der Waals surface area contributed by atoms with Crippen LogP contribution in [0.15, 0.2) is 72.9 Å². The van der Waals surface area contributed by atoms with Crippen LogP contribution in [0.1, 0.15) is 219 Å². The maximum atomic E-state index is 12.8. The number of likely N-dealkylation sites (N-methyl/N-ethyl adjacent to an activating group) is 1. The first-order valence-electron chi connectivity index (χ1n) is 26.6. The van der Waals surface area contributed by atoms with Crippen LogP contribution in [0.4, 0.5) is 0 Å². The predicted molar refractivity (Wildman–Crippen MR) is 277 cm³/mol. The molecule has 10 heteroatoms. The average Bonchev–Trinajstić information content (AvgIpc) is 3.27. The summed E-state index contributed by atoms with van der Waals surface area (Å²) in [5.41, 5.74) is 0. The first kappa shape index (κ1) is 63.5. The van der Waals surface area contributed by atoms with Gasteiger partial charge in [-0.25, -0.2) is 0 Å². The zero-order valence-electron chi connectivity index (χ0n) is 43.1. The largest absolute Gasteiger partial charge is 0.756 e. The van der Waals surface area contributed by atoms with Crippen molar-refractivity contribution in [2.45, 2.75) is 225 Å². The molecule has 0 heterocycles. The van der Waals surface area contributed by atoms with E-state index in [1.54, 1.807) is 0 Å². The number of hydrogen-bond acceptors (Lipinski definition) is 8. The van der Waals surface area contributed by atoms with E-state index in [1.165, 1.54) is 122 Å². The Morgan fingerprint density at radius 1 is 0.485 bits per heavy atom. The summed E-state index contributed by atoms with van der Waals surface area (Å²) >= 11 is 0. The average molecular weight is 946 g/mol. The smallest absolute Gasteiger partial charge is 0.306 e. The molecule has 9 nitrogen and oxygen atoms in total. The topological polar surface area (TPSA) is 111 Å². The molecule has 0 amide bonds. The predicted octanol–water partition coefficient (Wildman–Crippen LogP) is 15.5. The Labute approximate surface area is 406 Å². The van der Waals surface area contributed by atoms with E-state index in [4.69, 9.17) is 18.5 Å². The van der Waals surface area contributed by atoms with Crippen LogP contribution in [0.25, 0.3) is 0 Å². The van der Waals surface area contributed by atoms with Gasteiger partial charge in [0.1, 0.15) is 19.8 Å². The number of carbonyl (C=O) groups is 2. The number of unbranched alkanes of at least 4 members (excludes halogenated alkanes) is 22. The number of hydrogen-bond donors (Lipinski definition) is 0. The van der Waals surface area contributed by atoms with Crippen molar-refractivity contribution in [1.29, 1.82) is 0 Å². The Hall–Kier alpha value is -2.55. The molecule has 0 aromatic rings. The second-order valence-electron chi connectivity index (χ2n) is 18.9. The van der Waals surface area contributed by atoms with Gasteiger partial charge in [-0.05, 0) is 51.4 Å². The number of nitrogens with zero attached hydrogens (tertiary/aromatic N) is 1. The van der Waals surface area contributed by atoms with E-state index in [1.807, 2.05) is 33.3 Å². The van der Waals surface area contributed by atoms with Gasteiger partial charge in [0.15, 0.2) is 6.10 Å². The van der Waals surface area contributed by atoms with Gasteiger partial charge in [-0.15, -0.1) is 0 Å². The van der Waals surface area contributed by atoms with E-state index >= 15 is 0 Å². The molecule has 0 saturated carbocycles. The monoisotopic (exact) mass is 946 g/mol. The minimum absolute atomic E-state index is 0.0438. The number of ether oxygens (including phenoxy) is 2. The zero-order chi connectivity index (χ0) is 48.5. The Bertz CT molecular complexity index is 1350. The van der Waals surface area contributed by atoms with E-state index < -0.39 is 32.5 Å². The summed E-state index contributed by atoms with van der Waals surface area (Å²) in [6.45, 7) is 4.05. The van der Waals surface area contributed by atoms with Crippen LogP contribution >= 0.6 is 7.82 Å². The molecule has 0 saturated heterocycles. The second-order valence-corrected chi connectivity index (χ2v) is 20.3. The maximum Gasteiger partial charge on any atom is 0.306 e. The third-order valence-electron chi connectivity index (χ3n) is 11.3. The lowest BCUT2D eigenvalue weighted by atomic mass is 10.0. The molecule has 0 aliphatic heterocycles. The van der Waals surface area contributed by atoms with Gasteiger partial charge in [-0.1, -0.05) is 228 Å². The van der Waals surface area contributed by atoms with Crippen molar-refractivity contribution >= 4 is 19.8 Å². The van der Waals surface area contributed by atoms with Gasteiger partial charge in [0.25, 0.3) is 7.82 Å². The molecule has 382 valence electrons. The molecule has 0 rings (SSSR count). The molecule has 0 bridgehead atoms. The van der Waals surface area contributed by atoms with E-state index in [0.717, 1.165) is 57.8 Å². The highest BCUT2D eigenvalue weighted by Crippen LogP contribution is 2.38. The third-order valence-corrected chi connectivity index (χ3v) is 12.2. The van der Waals surface area contributed by atoms with Gasteiger partial charge in [-0.3, -0.25) is 14.2 Å². The van der Waals surface area contributed by atoms with Crippen LogP contribution < -0.4 is 4.89 Å². The molecule has 0 fully saturated rings. The maximum absolute atomic E-state index is 12.8. The van der Waals surface area contributed by atoms with Crippen molar-refractivity contribution in [3.05, 3.63) is 72.9 Å². The normalized spacial score (nSPS) is 14.0. The molecule has 0 radical (unpaired) electrons. The van der Waals surface area contributed by atoms with Gasteiger partial charge >= 0.3 is 11.9 Å². The Morgan fingerprint density at radius 2 is 0.864 bits per heavy atom. The van der Waals surface area contributed by atoms with Crippen LogP contribution in [0.3, 0.4) is 0 Å². The van der Waals surface area contributed by atoms with Crippen molar-refractivity contribution < 1.29 is 42.1 Å². The molecular weight excluding hydrogens is 846 g/mol. The standard InChI is InChI=1S/C56H100NO8P/c1-6-8-10-12-14-16-18-20-22-24-26-27-28-29-31-33-35-37-39-41-43-45-47-49-56(59)65-54(53-64-66(60,61)63-51-50-57(3,4)5)52-62-55(58)48-46-44-42-40-38-36-34-32-30-25-23-21-19-17-15-13-11-9-7-2/h9,11,15,17,21,23,30,32,36,38,42,44,54H,6-8,10,12-14,16,18-20,22,24-29,31,33-35,37,39-41,43,45-53H2,1-5H3/b11-9+,17-15+,23-21+,32-30+,38-36+,44-42+/t54-/m1/s1. The van der Waals surface area contributed by atoms with Crippen LogP contribution in [-0.2, 0) is 32.7 Å². The van der Waals surface area contributed by atoms with Gasteiger partial charge in [0.05, 0.1) is 27.7 Å². The van der Waals surface area contributed by atoms with Crippen LogP contribution in [0, 0.1) is 0 Å². The highest BCUT2D eigenvalue weighted by atomic mass is 31.2. The van der Waals surface area contributed by atoms with Crippen molar-refractivity contribution in [2.24, 2.45) is 0 Å². The first-order chi connectivity index (χ1) is 32.0. The van der Waals surface area contributed by atoms with Crippen LogP contribution in [-0.4, -0.2) is 70.0 Å². The van der Waals surface area contributed by atoms with Crippen LogP contribution in [0.2, 0.25) is 0 Å². The molecule has 0 N–H and O–H groups in total. The van der Waals surface area contributed by atoms with E-state index in [-0.39, 0.29) is 26.1 Å². The number of quaternary nitrogens is 1. The number of carbonyl (C=O) groups excluding carboxylic acids is 2. The quantitative estimate of drug-likeness (QED) is 0.0195. The summed E-state index contributed by atoms with van der Waals surface area (Å²) in [5.74, 6) is -0.928. The number of esters is 2. The van der Waals surface area contributed by atoms with Crippen molar-refractivity contribution in [3.8, 4) is 0 Å². The van der Waals surface area contributed by atoms with E-state index in [9.17, 15) is 19.0 Å². The number of phosphoric acid groups is 1. The summed E-state index contributed by atoms with van der Waals surface area (Å²) in [5, 5.41) is 0. The van der Waals surface area contributed by atoms with Gasteiger partial charge < -0.3 is 27.9 Å². The summed E-state index contributed by atoms with van der Waals surface area (Å²) in [4.78, 5) is 37.7. The summed E-state index contributed by atoms with van der Waals surface area (Å²) in [6.07, 6.45) is 61.0. The number of phosphoric ester groups is 1. The first-order valence-corrected chi connectivity index (χ1v) is 28.1. The van der Waals surface area contributed by atoms with E-state index in [0.29, 0.717) is 23.9 Å². The molecular formula is C56H100NO8P. The minimum Gasteiger partial charge on any atom is -0.756 e. The molecule has 1 unspecified atom stereocenters. The minimum atomic E-state index is -4.65. The molecule has 2 atom stereocenters. The fourth-order valence-corrected chi connectivity index (χ4v) is 7.88. The van der Waals surface area contributed by atoms with E-state index in [2.05, 4.69) is 74.6 Å². The molecule has 66 heavy (non-hydrogen) atoms. The summed E-state index contributed by atoms with van der Waals surface area (Å²) < 4.78 is 34.0. The SMILES string of the molecule is CC/C=C/C/C=C/C/C=C/C/C=C/C/C=C/C/C=C/CCC(=O)OC[C@H](COP(=O)([O-])OCC[N+](C)(C)C)OC(=O)CCCCCCCCCCCCCCCCCCCCCCCCC. The zero-order valence-corrected chi connectivity index (χ0v) is 44.0. The molecule has 0 spiro atoms. The number of allylic oxidation sites excluding steroid dienone is 12. The highest BCUT2D eigenvalue weighted by molar-refractivity contribution is 7.45. The number of rotatable bonds is 48. The third kappa shape index (κ3) is 50.9. The van der Waals surface area contributed by atoms with Gasteiger partial charge in [0, 0.05) is 12.8 Å². The highest BCUT2D eigenvalue weighted by Gasteiger charge is 2.21. The van der Waals surface area contributed by atoms with Gasteiger partial charge in [0.2, 0.25) is 0 Å². The summed E-state index contributed by atoms with van der Waals surface area (Å²) in [7, 11) is 1.13. The second kappa shape index (κ2) is 47.5. The molecule has 0 aromatic carbocycles. The fourth-order valence-electron chi connectivity index (χ4n) is 7.15. The lowest BCUT2D eigenvalue weighted by Crippen LogP contribution is -2.37. The lowest BCUT2D eigenvalue weighted by Gasteiger charge is -2.28.